The Morgan fingerprint density at radius 2 is 2.07 bits per heavy atom. The molecule has 0 saturated heterocycles. The van der Waals surface area contributed by atoms with E-state index in [-0.39, 0.29) is 0 Å². The number of rotatable bonds is 4. The van der Waals surface area contributed by atoms with Crippen LogP contribution in [0.1, 0.15) is 17.2 Å². The van der Waals surface area contributed by atoms with Crippen LogP contribution in [-0.4, -0.2) is 35.5 Å². The van der Waals surface area contributed by atoms with Crippen LogP contribution in [0, 0.1) is 6.92 Å². The molecule has 4 heteroatoms. The van der Waals surface area contributed by atoms with Crippen molar-refractivity contribution in [2.75, 3.05) is 20.6 Å². The highest BCUT2D eigenvalue weighted by Gasteiger charge is 2.02. The molecule has 78 valence electrons. The van der Waals surface area contributed by atoms with Gasteiger partial charge < -0.3 is 10.6 Å². The summed E-state index contributed by atoms with van der Waals surface area (Å²) in [6, 6.07) is 1.99. The summed E-state index contributed by atoms with van der Waals surface area (Å²) in [5, 5.41) is 0. The van der Waals surface area contributed by atoms with Gasteiger partial charge in [-0.15, -0.1) is 0 Å². The Morgan fingerprint density at radius 1 is 1.36 bits per heavy atom. The predicted molar refractivity (Wildman–Crippen MR) is 56.9 cm³/mol. The van der Waals surface area contributed by atoms with Gasteiger partial charge in [-0.25, -0.2) is 9.97 Å². The van der Waals surface area contributed by atoms with Crippen LogP contribution < -0.4 is 5.73 Å². The van der Waals surface area contributed by atoms with Crippen LogP contribution in [0.15, 0.2) is 6.07 Å². The predicted octanol–water partition coefficient (Wildman–Crippen LogP) is 0.348. The van der Waals surface area contributed by atoms with Gasteiger partial charge in [0.05, 0.1) is 6.54 Å². The molecule has 1 heterocycles. The van der Waals surface area contributed by atoms with Crippen molar-refractivity contribution in [3.05, 3.63) is 23.3 Å². The molecule has 0 amide bonds. The van der Waals surface area contributed by atoms with Gasteiger partial charge in [0.25, 0.3) is 0 Å². The van der Waals surface area contributed by atoms with Crippen LogP contribution in [0.25, 0.3) is 0 Å². The molecule has 0 atom stereocenters. The number of hydrogen-bond acceptors (Lipinski definition) is 4. The third-order valence-corrected chi connectivity index (χ3v) is 1.81. The fourth-order valence-corrected chi connectivity index (χ4v) is 1.33. The van der Waals surface area contributed by atoms with Crippen molar-refractivity contribution < 1.29 is 0 Å². The standard InChI is InChI=1S/C10H18N4/c1-8-6-9(4-5-11)13-10(12-8)7-14(2)3/h6H,4-5,7,11H2,1-3H3. The summed E-state index contributed by atoms with van der Waals surface area (Å²) in [4.78, 5) is 10.8. The van der Waals surface area contributed by atoms with Gasteiger partial charge in [-0.05, 0) is 33.6 Å². The van der Waals surface area contributed by atoms with E-state index in [0.717, 1.165) is 30.2 Å². The minimum Gasteiger partial charge on any atom is -0.330 e. The molecule has 0 aliphatic heterocycles. The van der Waals surface area contributed by atoms with E-state index in [9.17, 15) is 0 Å². The molecule has 4 nitrogen and oxygen atoms in total. The molecule has 0 saturated carbocycles. The molecule has 0 aromatic carbocycles. The molecule has 0 spiro atoms. The molecule has 1 aromatic heterocycles. The summed E-state index contributed by atoms with van der Waals surface area (Å²) in [5.74, 6) is 0.874. The van der Waals surface area contributed by atoms with Crippen molar-refractivity contribution in [3.63, 3.8) is 0 Å². The highest BCUT2D eigenvalue weighted by molar-refractivity contribution is 5.10. The van der Waals surface area contributed by atoms with E-state index < -0.39 is 0 Å². The fraction of sp³-hybridized carbons (Fsp3) is 0.600. The Balaban J connectivity index is 2.83. The Bertz CT molecular complexity index is 296. The minimum absolute atomic E-state index is 0.637. The Hall–Kier alpha value is -1.00. The van der Waals surface area contributed by atoms with Crippen molar-refractivity contribution in [2.45, 2.75) is 19.9 Å². The van der Waals surface area contributed by atoms with Crippen LogP contribution in [0.5, 0.6) is 0 Å². The molecule has 0 aliphatic rings. The van der Waals surface area contributed by atoms with Gasteiger partial charge in [-0.3, -0.25) is 0 Å². The quantitative estimate of drug-likeness (QED) is 0.751. The zero-order valence-electron chi connectivity index (χ0n) is 9.12. The average Bonchev–Trinajstić information content (AvgIpc) is 2.01. The molecule has 0 bridgehead atoms. The molecule has 1 aromatic rings. The zero-order valence-corrected chi connectivity index (χ0v) is 9.12. The molecule has 1 rings (SSSR count). The number of nitrogens with zero attached hydrogens (tertiary/aromatic N) is 3. The molecule has 0 aliphatic carbocycles. The van der Waals surface area contributed by atoms with Crippen LogP contribution in [0.2, 0.25) is 0 Å². The molecule has 2 N–H and O–H groups in total. The number of hydrogen-bond donors (Lipinski definition) is 1. The van der Waals surface area contributed by atoms with Crippen molar-refractivity contribution >= 4 is 0 Å². The Morgan fingerprint density at radius 3 is 2.64 bits per heavy atom. The molecule has 0 radical (unpaired) electrons. The van der Waals surface area contributed by atoms with E-state index in [1.807, 2.05) is 27.1 Å². The lowest BCUT2D eigenvalue weighted by molar-refractivity contribution is 0.389. The third-order valence-electron chi connectivity index (χ3n) is 1.81. The number of aryl methyl sites for hydroxylation is 1. The SMILES string of the molecule is Cc1cc(CCN)nc(CN(C)C)n1. The molecular weight excluding hydrogens is 176 g/mol. The first kappa shape index (κ1) is 11.1. The number of nitrogens with two attached hydrogens (primary N) is 1. The van der Waals surface area contributed by atoms with E-state index in [1.54, 1.807) is 0 Å². The van der Waals surface area contributed by atoms with Gasteiger partial charge in [0.2, 0.25) is 0 Å². The van der Waals surface area contributed by atoms with E-state index in [4.69, 9.17) is 5.73 Å². The smallest absolute Gasteiger partial charge is 0.142 e. The maximum absolute atomic E-state index is 5.49. The first-order chi connectivity index (χ1) is 6.61. The van der Waals surface area contributed by atoms with Crippen molar-refractivity contribution in [1.29, 1.82) is 0 Å². The first-order valence-electron chi connectivity index (χ1n) is 4.80. The van der Waals surface area contributed by atoms with E-state index in [1.165, 1.54) is 0 Å². The molecular formula is C10H18N4. The molecule has 0 unspecified atom stereocenters. The molecule has 0 fully saturated rings. The fourth-order valence-electron chi connectivity index (χ4n) is 1.33. The Labute approximate surface area is 85.2 Å². The van der Waals surface area contributed by atoms with Crippen molar-refractivity contribution in [3.8, 4) is 0 Å². The summed E-state index contributed by atoms with van der Waals surface area (Å²) < 4.78 is 0. The number of aromatic nitrogens is 2. The third kappa shape index (κ3) is 3.40. The van der Waals surface area contributed by atoms with Gasteiger partial charge in [-0.2, -0.15) is 0 Å². The van der Waals surface area contributed by atoms with Gasteiger partial charge >= 0.3 is 0 Å². The topological polar surface area (TPSA) is 55.0 Å². The van der Waals surface area contributed by atoms with Crippen LogP contribution in [0.4, 0.5) is 0 Å². The van der Waals surface area contributed by atoms with E-state index in [0.29, 0.717) is 6.54 Å². The van der Waals surface area contributed by atoms with Gasteiger partial charge in [0, 0.05) is 17.8 Å². The second-order valence-electron chi connectivity index (χ2n) is 3.69. The van der Waals surface area contributed by atoms with Crippen LogP contribution in [-0.2, 0) is 13.0 Å². The summed E-state index contributed by atoms with van der Waals surface area (Å²) >= 11 is 0. The van der Waals surface area contributed by atoms with Crippen molar-refractivity contribution in [2.24, 2.45) is 5.73 Å². The summed E-state index contributed by atoms with van der Waals surface area (Å²) in [5.41, 5.74) is 7.54. The zero-order chi connectivity index (χ0) is 10.6. The van der Waals surface area contributed by atoms with E-state index >= 15 is 0 Å². The van der Waals surface area contributed by atoms with Crippen LogP contribution >= 0.6 is 0 Å². The molecule has 14 heavy (non-hydrogen) atoms. The van der Waals surface area contributed by atoms with Gasteiger partial charge in [0.15, 0.2) is 0 Å². The Kier molecular flexibility index (Phi) is 3.98. The van der Waals surface area contributed by atoms with E-state index in [2.05, 4.69) is 14.9 Å². The minimum atomic E-state index is 0.637. The normalized spacial score (nSPS) is 10.9. The highest BCUT2D eigenvalue weighted by Crippen LogP contribution is 2.02. The lowest BCUT2D eigenvalue weighted by atomic mass is 10.2. The lowest BCUT2D eigenvalue weighted by Crippen LogP contribution is -2.15. The average molecular weight is 194 g/mol. The first-order valence-corrected chi connectivity index (χ1v) is 4.80. The van der Waals surface area contributed by atoms with Gasteiger partial charge in [-0.1, -0.05) is 0 Å². The lowest BCUT2D eigenvalue weighted by Gasteiger charge is -2.09. The maximum atomic E-state index is 5.49. The second-order valence-corrected chi connectivity index (χ2v) is 3.69. The monoisotopic (exact) mass is 194 g/mol. The highest BCUT2D eigenvalue weighted by atomic mass is 15.1. The summed E-state index contributed by atoms with van der Waals surface area (Å²) in [6.07, 6.45) is 0.823. The summed E-state index contributed by atoms with van der Waals surface area (Å²) in [6.45, 7) is 3.40. The summed E-state index contributed by atoms with van der Waals surface area (Å²) in [7, 11) is 4.02. The van der Waals surface area contributed by atoms with Gasteiger partial charge in [0.1, 0.15) is 5.82 Å². The second kappa shape index (κ2) is 5.02. The van der Waals surface area contributed by atoms with Crippen molar-refractivity contribution in [1.82, 2.24) is 14.9 Å². The van der Waals surface area contributed by atoms with Crippen LogP contribution in [0.3, 0.4) is 0 Å². The maximum Gasteiger partial charge on any atom is 0.142 e. The largest absolute Gasteiger partial charge is 0.330 e.